The Bertz CT molecular complexity index is 619. The molecule has 0 saturated heterocycles. The maximum absolute atomic E-state index is 13.7. The number of hydrogen-bond donors (Lipinski definition) is 1. The monoisotopic (exact) mass is 276 g/mol. The van der Waals surface area contributed by atoms with Gasteiger partial charge < -0.3 is 9.88 Å². The van der Waals surface area contributed by atoms with Gasteiger partial charge in [0.2, 0.25) is 0 Å². The molecule has 106 valence electrons. The van der Waals surface area contributed by atoms with Gasteiger partial charge in [0, 0.05) is 36.6 Å². The van der Waals surface area contributed by atoms with Gasteiger partial charge in [0.15, 0.2) is 0 Å². The van der Waals surface area contributed by atoms with Crippen molar-refractivity contribution in [2.24, 2.45) is 0 Å². The van der Waals surface area contributed by atoms with Crippen LogP contribution in [0.25, 0.3) is 0 Å². The molecule has 1 aliphatic rings. The lowest BCUT2D eigenvalue weighted by Gasteiger charge is -2.21. The molecule has 0 amide bonds. The van der Waals surface area contributed by atoms with Gasteiger partial charge in [0.1, 0.15) is 11.6 Å². The molecule has 1 unspecified atom stereocenters. The number of benzene rings is 1. The first-order valence-electron chi connectivity index (χ1n) is 6.97. The van der Waals surface area contributed by atoms with Gasteiger partial charge in [-0.15, -0.1) is 0 Å². The third-order valence-corrected chi connectivity index (χ3v) is 4.03. The molecule has 4 heteroatoms. The van der Waals surface area contributed by atoms with E-state index in [-0.39, 0.29) is 0 Å². The van der Waals surface area contributed by atoms with Crippen LogP contribution in [0.3, 0.4) is 0 Å². The van der Waals surface area contributed by atoms with Gasteiger partial charge >= 0.3 is 0 Å². The van der Waals surface area contributed by atoms with E-state index in [0.29, 0.717) is 18.2 Å². The van der Waals surface area contributed by atoms with Crippen LogP contribution in [0.2, 0.25) is 0 Å². The maximum atomic E-state index is 13.7. The van der Waals surface area contributed by atoms with Crippen molar-refractivity contribution >= 4 is 0 Å². The average Bonchev–Trinajstić information content (AvgIpc) is 2.84. The molecule has 0 aliphatic heterocycles. The van der Waals surface area contributed by atoms with Crippen LogP contribution in [0.4, 0.5) is 8.78 Å². The van der Waals surface area contributed by atoms with Crippen molar-refractivity contribution in [1.82, 2.24) is 9.88 Å². The lowest BCUT2D eigenvalue weighted by atomic mass is 9.91. The van der Waals surface area contributed by atoms with E-state index in [9.17, 15) is 8.78 Å². The summed E-state index contributed by atoms with van der Waals surface area (Å²) < 4.78 is 28.6. The molecule has 2 aromatic rings. The van der Waals surface area contributed by atoms with Gasteiger partial charge in [0.25, 0.3) is 0 Å². The molecule has 1 N–H and O–H groups in total. The highest BCUT2D eigenvalue weighted by Gasteiger charge is 2.20. The van der Waals surface area contributed by atoms with Crippen LogP contribution >= 0.6 is 0 Å². The lowest BCUT2D eigenvalue weighted by Crippen LogP contribution is -2.20. The van der Waals surface area contributed by atoms with Crippen LogP contribution in [0, 0.1) is 11.6 Å². The Kier molecular flexibility index (Phi) is 3.57. The van der Waals surface area contributed by atoms with E-state index in [1.165, 1.54) is 29.7 Å². The van der Waals surface area contributed by atoms with Gasteiger partial charge in [-0.25, -0.2) is 8.78 Å². The summed E-state index contributed by atoms with van der Waals surface area (Å²) in [4.78, 5) is 0. The van der Waals surface area contributed by atoms with Gasteiger partial charge in [0.05, 0.1) is 0 Å². The van der Waals surface area contributed by atoms with Crippen LogP contribution in [0.15, 0.2) is 30.6 Å². The zero-order chi connectivity index (χ0) is 14.1. The summed E-state index contributed by atoms with van der Waals surface area (Å²) >= 11 is 0. The molecule has 0 saturated carbocycles. The van der Waals surface area contributed by atoms with E-state index in [2.05, 4.69) is 17.7 Å². The minimum atomic E-state index is -0.534. The Hall–Kier alpha value is -1.68. The van der Waals surface area contributed by atoms with Gasteiger partial charge in [-0.05, 0) is 43.5 Å². The standard InChI is InChI=1S/C16H18F2N2/c1-19-16-4-2-3-11-8-20(10-14(11)16)9-12-5-6-13(17)7-15(12)18/h5-8,10,16,19H,2-4,9H2,1H3. The van der Waals surface area contributed by atoms with Crippen LogP contribution < -0.4 is 5.32 Å². The van der Waals surface area contributed by atoms with Crippen LogP contribution in [0.1, 0.15) is 35.6 Å². The molecular weight excluding hydrogens is 258 g/mol. The van der Waals surface area contributed by atoms with E-state index >= 15 is 0 Å². The Morgan fingerprint density at radius 3 is 2.90 bits per heavy atom. The van der Waals surface area contributed by atoms with Crippen LogP contribution in [-0.2, 0) is 13.0 Å². The van der Waals surface area contributed by atoms with E-state index in [4.69, 9.17) is 0 Å². The summed E-state index contributed by atoms with van der Waals surface area (Å²) in [5, 5.41) is 3.32. The summed E-state index contributed by atoms with van der Waals surface area (Å²) in [5.74, 6) is -1.02. The molecule has 20 heavy (non-hydrogen) atoms. The highest BCUT2D eigenvalue weighted by atomic mass is 19.1. The molecule has 1 aliphatic carbocycles. The fourth-order valence-electron chi connectivity index (χ4n) is 2.99. The van der Waals surface area contributed by atoms with Crippen molar-refractivity contribution in [3.05, 3.63) is 58.9 Å². The van der Waals surface area contributed by atoms with Crippen molar-refractivity contribution in [3.63, 3.8) is 0 Å². The van der Waals surface area contributed by atoms with Crippen molar-refractivity contribution in [2.75, 3.05) is 7.05 Å². The largest absolute Gasteiger partial charge is 0.349 e. The van der Waals surface area contributed by atoms with E-state index < -0.39 is 11.6 Å². The molecule has 0 spiro atoms. The van der Waals surface area contributed by atoms with Crippen molar-refractivity contribution < 1.29 is 8.78 Å². The SMILES string of the molecule is CNC1CCCc2cn(Cc3ccc(F)cc3F)cc21. The zero-order valence-corrected chi connectivity index (χ0v) is 11.5. The quantitative estimate of drug-likeness (QED) is 0.909. The number of hydrogen-bond acceptors (Lipinski definition) is 1. The summed E-state index contributed by atoms with van der Waals surface area (Å²) in [6.07, 6.45) is 7.55. The number of fused-ring (bicyclic) bond motifs is 1. The molecule has 0 bridgehead atoms. The van der Waals surface area contributed by atoms with Crippen LogP contribution in [0.5, 0.6) is 0 Å². The molecule has 0 fully saturated rings. The molecule has 3 rings (SSSR count). The van der Waals surface area contributed by atoms with Crippen molar-refractivity contribution in [1.29, 1.82) is 0 Å². The number of aryl methyl sites for hydroxylation is 1. The highest BCUT2D eigenvalue weighted by molar-refractivity contribution is 5.31. The number of nitrogens with one attached hydrogen (secondary N) is 1. The molecule has 1 aromatic heterocycles. The summed E-state index contributed by atoms with van der Waals surface area (Å²) in [7, 11) is 1.97. The molecule has 0 radical (unpaired) electrons. The Morgan fingerprint density at radius 2 is 2.15 bits per heavy atom. The molecule has 1 heterocycles. The smallest absolute Gasteiger partial charge is 0.131 e. The van der Waals surface area contributed by atoms with E-state index in [1.54, 1.807) is 0 Å². The number of nitrogens with zero attached hydrogens (tertiary/aromatic N) is 1. The van der Waals surface area contributed by atoms with Gasteiger partial charge in [-0.3, -0.25) is 0 Å². The Balaban J connectivity index is 1.87. The second-order valence-corrected chi connectivity index (χ2v) is 5.38. The average molecular weight is 276 g/mol. The second-order valence-electron chi connectivity index (χ2n) is 5.38. The Morgan fingerprint density at radius 1 is 1.30 bits per heavy atom. The predicted molar refractivity (Wildman–Crippen MR) is 74.6 cm³/mol. The van der Waals surface area contributed by atoms with Crippen molar-refractivity contribution in [3.8, 4) is 0 Å². The number of halogens is 2. The number of aromatic nitrogens is 1. The molecule has 1 aromatic carbocycles. The summed E-state index contributed by atoms with van der Waals surface area (Å²) in [6, 6.07) is 4.14. The van der Waals surface area contributed by atoms with Crippen LogP contribution in [-0.4, -0.2) is 11.6 Å². The zero-order valence-electron chi connectivity index (χ0n) is 11.5. The first-order chi connectivity index (χ1) is 9.67. The molecular formula is C16H18F2N2. The normalized spacial score (nSPS) is 18.1. The minimum absolute atomic E-state index is 0.387. The molecule has 1 atom stereocenters. The second kappa shape index (κ2) is 5.37. The van der Waals surface area contributed by atoms with Crippen molar-refractivity contribution in [2.45, 2.75) is 31.8 Å². The topological polar surface area (TPSA) is 17.0 Å². The van der Waals surface area contributed by atoms with E-state index in [1.807, 2.05) is 11.6 Å². The molecule has 2 nitrogen and oxygen atoms in total. The first kappa shape index (κ1) is 13.3. The van der Waals surface area contributed by atoms with E-state index in [0.717, 1.165) is 18.9 Å². The highest BCUT2D eigenvalue weighted by Crippen LogP contribution is 2.30. The Labute approximate surface area is 117 Å². The lowest BCUT2D eigenvalue weighted by molar-refractivity contribution is 0.498. The van der Waals surface area contributed by atoms with Gasteiger partial charge in [-0.1, -0.05) is 6.07 Å². The predicted octanol–water partition coefficient (Wildman–Crippen LogP) is 3.41. The fourth-order valence-corrected chi connectivity index (χ4v) is 2.99. The van der Waals surface area contributed by atoms with Gasteiger partial charge in [-0.2, -0.15) is 0 Å². The number of rotatable bonds is 3. The summed E-state index contributed by atoms with van der Waals surface area (Å²) in [5.41, 5.74) is 3.15. The first-order valence-corrected chi connectivity index (χ1v) is 6.97. The third kappa shape index (κ3) is 2.48. The minimum Gasteiger partial charge on any atom is -0.349 e. The summed E-state index contributed by atoms with van der Waals surface area (Å²) in [6.45, 7) is 0.440. The third-order valence-electron chi connectivity index (χ3n) is 4.03. The maximum Gasteiger partial charge on any atom is 0.131 e. The fraction of sp³-hybridized carbons (Fsp3) is 0.375.